The van der Waals surface area contributed by atoms with Crippen LogP contribution >= 0.6 is 11.6 Å². The maximum absolute atomic E-state index is 9.99. The minimum atomic E-state index is -0.0365. The van der Waals surface area contributed by atoms with Gasteiger partial charge in [0, 0.05) is 5.02 Å². The van der Waals surface area contributed by atoms with Crippen molar-refractivity contribution in [3.8, 4) is 11.8 Å². The molecule has 13 heavy (non-hydrogen) atoms. The maximum Gasteiger partial charge on any atom is 0.157 e. The van der Waals surface area contributed by atoms with Crippen molar-refractivity contribution in [2.45, 2.75) is 0 Å². The number of nitrogens with zero attached hydrogens (tertiary/aromatic N) is 1. The zero-order valence-electron chi connectivity index (χ0n) is 6.66. The largest absolute Gasteiger partial charge is 0.486 e. The summed E-state index contributed by atoms with van der Waals surface area (Å²) < 4.78 is 4.97. The van der Waals surface area contributed by atoms with Crippen LogP contribution in [0.3, 0.4) is 0 Å². The molecule has 0 unspecified atom stereocenters. The zero-order valence-corrected chi connectivity index (χ0v) is 7.41. The van der Waals surface area contributed by atoms with Crippen LogP contribution in [0.2, 0.25) is 5.02 Å². The molecule has 0 atom stereocenters. The summed E-state index contributed by atoms with van der Waals surface area (Å²) in [6.45, 7) is -0.0365. The molecular formula is C9H6ClNO2. The third-order valence-corrected chi connectivity index (χ3v) is 1.54. The number of nitriles is 1. The Morgan fingerprint density at radius 1 is 1.54 bits per heavy atom. The number of carbonyl (C=O) groups is 1. The van der Waals surface area contributed by atoms with Crippen LogP contribution in [-0.4, -0.2) is 12.9 Å². The first-order valence-corrected chi connectivity index (χ1v) is 3.91. The summed E-state index contributed by atoms with van der Waals surface area (Å²) in [5, 5.41) is 8.99. The lowest BCUT2D eigenvalue weighted by atomic mass is 10.2. The molecule has 1 rings (SSSR count). The fraction of sp³-hybridized carbons (Fsp3) is 0.111. The summed E-state index contributed by atoms with van der Waals surface area (Å²) in [6.07, 6.45) is 0.632. The highest BCUT2D eigenvalue weighted by atomic mass is 35.5. The molecule has 0 saturated heterocycles. The molecule has 4 heteroatoms. The number of carbonyl (C=O) groups excluding carboxylic acids is 1. The topological polar surface area (TPSA) is 50.1 Å². The van der Waals surface area contributed by atoms with Gasteiger partial charge in [-0.1, -0.05) is 11.6 Å². The van der Waals surface area contributed by atoms with Crippen molar-refractivity contribution in [2.75, 3.05) is 6.61 Å². The number of aldehydes is 1. The van der Waals surface area contributed by atoms with E-state index < -0.39 is 0 Å². The number of rotatable bonds is 3. The molecule has 0 aliphatic heterocycles. The average Bonchev–Trinajstić information content (AvgIpc) is 2.14. The first kappa shape index (κ1) is 9.56. The Bertz CT molecular complexity index is 357. The minimum absolute atomic E-state index is 0.0365. The molecule has 0 fully saturated rings. The summed E-state index contributed by atoms with van der Waals surface area (Å²) in [5.41, 5.74) is 0.411. The Morgan fingerprint density at radius 3 is 2.92 bits per heavy atom. The highest BCUT2D eigenvalue weighted by Crippen LogP contribution is 2.20. The van der Waals surface area contributed by atoms with Gasteiger partial charge >= 0.3 is 0 Å². The van der Waals surface area contributed by atoms with Gasteiger partial charge in [0.2, 0.25) is 0 Å². The summed E-state index contributed by atoms with van der Waals surface area (Å²) >= 11 is 5.69. The Kier molecular flexibility index (Phi) is 3.30. The summed E-state index contributed by atoms with van der Waals surface area (Å²) in [7, 11) is 0. The van der Waals surface area contributed by atoms with Crippen LogP contribution in [0, 0.1) is 11.3 Å². The molecule has 3 nitrogen and oxygen atoms in total. The van der Waals surface area contributed by atoms with Gasteiger partial charge in [0.25, 0.3) is 0 Å². The molecule has 1 aromatic carbocycles. The summed E-state index contributed by atoms with van der Waals surface area (Å²) in [4.78, 5) is 9.99. The highest BCUT2D eigenvalue weighted by molar-refractivity contribution is 6.30. The third kappa shape index (κ3) is 2.77. The van der Waals surface area contributed by atoms with Gasteiger partial charge in [-0.2, -0.15) is 5.26 Å². The molecule has 0 aliphatic carbocycles. The predicted octanol–water partition coefficient (Wildman–Crippen LogP) is 1.79. The van der Waals surface area contributed by atoms with Gasteiger partial charge < -0.3 is 4.74 Å². The maximum atomic E-state index is 9.99. The second-order valence-electron chi connectivity index (χ2n) is 2.27. The van der Waals surface area contributed by atoms with Crippen molar-refractivity contribution < 1.29 is 9.53 Å². The first-order chi connectivity index (χ1) is 6.26. The second kappa shape index (κ2) is 4.48. The van der Waals surface area contributed by atoms with E-state index in [1.165, 1.54) is 12.1 Å². The van der Waals surface area contributed by atoms with Crippen LogP contribution < -0.4 is 4.74 Å². The SMILES string of the molecule is N#Cc1cc(Cl)cc(OCC=O)c1. The second-order valence-corrected chi connectivity index (χ2v) is 2.70. The third-order valence-electron chi connectivity index (χ3n) is 1.32. The Balaban J connectivity index is 2.89. The Hall–Kier alpha value is -1.53. The quantitative estimate of drug-likeness (QED) is 0.691. The van der Waals surface area contributed by atoms with Gasteiger partial charge in [0.15, 0.2) is 6.29 Å². The molecule has 0 aromatic heterocycles. The average molecular weight is 196 g/mol. The molecule has 0 saturated carbocycles. The molecule has 1 aromatic rings. The zero-order chi connectivity index (χ0) is 9.68. The van der Waals surface area contributed by atoms with Crippen molar-refractivity contribution >= 4 is 17.9 Å². The fourth-order valence-corrected chi connectivity index (χ4v) is 1.07. The Morgan fingerprint density at radius 2 is 2.31 bits per heavy atom. The van der Waals surface area contributed by atoms with Gasteiger partial charge in [-0.3, -0.25) is 4.79 Å². The van der Waals surface area contributed by atoms with Crippen molar-refractivity contribution in [3.63, 3.8) is 0 Å². The molecule has 0 aliphatic rings. The van der Waals surface area contributed by atoms with Crippen LogP contribution in [0.1, 0.15) is 5.56 Å². The number of halogens is 1. The van der Waals surface area contributed by atoms with Crippen LogP contribution in [0.4, 0.5) is 0 Å². The first-order valence-electron chi connectivity index (χ1n) is 3.53. The van der Waals surface area contributed by atoms with Crippen LogP contribution in [0.25, 0.3) is 0 Å². The molecule has 0 bridgehead atoms. The number of benzene rings is 1. The van der Waals surface area contributed by atoms with Crippen molar-refractivity contribution in [1.82, 2.24) is 0 Å². The van der Waals surface area contributed by atoms with Gasteiger partial charge in [-0.15, -0.1) is 0 Å². The molecule has 66 valence electrons. The normalized spacial score (nSPS) is 8.92. The smallest absolute Gasteiger partial charge is 0.157 e. The Labute approximate surface area is 80.5 Å². The minimum Gasteiger partial charge on any atom is -0.486 e. The number of hydrogen-bond acceptors (Lipinski definition) is 3. The lowest BCUT2D eigenvalue weighted by Gasteiger charge is -2.02. The van der Waals surface area contributed by atoms with E-state index in [1.807, 2.05) is 6.07 Å². The van der Waals surface area contributed by atoms with Crippen molar-refractivity contribution in [1.29, 1.82) is 5.26 Å². The van der Waals surface area contributed by atoms with E-state index in [0.29, 0.717) is 22.6 Å². The van der Waals surface area contributed by atoms with E-state index in [4.69, 9.17) is 21.6 Å². The number of hydrogen-bond donors (Lipinski definition) is 0. The van der Waals surface area contributed by atoms with E-state index in [0.717, 1.165) is 0 Å². The van der Waals surface area contributed by atoms with E-state index in [-0.39, 0.29) is 6.61 Å². The molecule has 0 heterocycles. The van der Waals surface area contributed by atoms with E-state index >= 15 is 0 Å². The lowest BCUT2D eigenvalue weighted by molar-refractivity contribution is -0.109. The van der Waals surface area contributed by atoms with Gasteiger partial charge in [0.05, 0.1) is 11.6 Å². The fourth-order valence-electron chi connectivity index (χ4n) is 0.841. The van der Waals surface area contributed by atoms with Crippen LogP contribution in [0.15, 0.2) is 18.2 Å². The van der Waals surface area contributed by atoms with E-state index in [1.54, 1.807) is 6.07 Å². The highest BCUT2D eigenvalue weighted by Gasteiger charge is 1.99. The lowest BCUT2D eigenvalue weighted by Crippen LogP contribution is -1.97. The molecular weight excluding hydrogens is 190 g/mol. The monoisotopic (exact) mass is 195 g/mol. The molecule has 0 amide bonds. The van der Waals surface area contributed by atoms with Gasteiger partial charge in [-0.05, 0) is 18.2 Å². The van der Waals surface area contributed by atoms with Crippen LogP contribution in [0.5, 0.6) is 5.75 Å². The van der Waals surface area contributed by atoms with Gasteiger partial charge in [-0.25, -0.2) is 0 Å². The van der Waals surface area contributed by atoms with Crippen LogP contribution in [-0.2, 0) is 4.79 Å². The number of ether oxygens (including phenoxy) is 1. The van der Waals surface area contributed by atoms with Crippen molar-refractivity contribution in [2.24, 2.45) is 0 Å². The molecule has 0 radical (unpaired) electrons. The van der Waals surface area contributed by atoms with E-state index in [2.05, 4.69) is 0 Å². The standard InChI is InChI=1S/C9H6ClNO2/c10-8-3-7(6-11)4-9(5-8)13-2-1-12/h1,3-5H,2H2. The summed E-state index contributed by atoms with van der Waals surface area (Å²) in [6, 6.07) is 6.53. The van der Waals surface area contributed by atoms with E-state index in [9.17, 15) is 4.79 Å². The summed E-state index contributed by atoms with van der Waals surface area (Å²) in [5.74, 6) is 0.427. The van der Waals surface area contributed by atoms with Gasteiger partial charge in [0.1, 0.15) is 12.4 Å². The van der Waals surface area contributed by atoms with Crippen molar-refractivity contribution in [3.05, 3.63) is 28.8 Å². The molecule has 0 spiro atoms. The predicted molar refractivity (Wildman–Crippen MR) is 47.7 cm³/mol. The molecule has 0 N–H and O–H groups in total.